The summed E-state index contributed by atoms with van der Waals surface area (Å²) in [6, 6.07) is 12.9. The lowest BCUT2D eigenvalue weighted by Gasteiger charge is -2.16. The molecule has 18 heavy (non-hydrogen) atoms. The molecule has 1 aliphatic heterocycles. The highest BCUT2D eigenvalue weighted by Gasteiger charge is 2.31. The van der Waals surface area contributed by atoms with Crippen LogP contribution in [0.5, 0.6) is 17.2 Å². The van der Waals surface area contributed by atoms with E-state index in [1.165, 1.54) is 0 Å². The maximum atomic E-state index is 9.49. The predicted molar refractivity (Wildman–Crippen MR) is 68.9 cm³/mol. The molecule has 0 aromatic heterocycles. The van der Waals surface area contributed by atoms with E-state index < -0.39 is 5.79 Å². The first-order chi connectivity index (χ1) is 8.53. The number of fused-ring (bicyclic) bond motifs is 1. The van der Waals surface area contributed by atoms with E-state index in [-0.39, 0.29) is 5.75 Å². The van der Waals surface area contributed by atoms with Gasteiger partial charge in [0, 0.05) is 13.8 Å². The molecule has 2 aromatic rings. The zero-order chi connectivity index (χ0) is 12.8. The van der Waals surface area contributed by atoms with Crippen LogP contribution >= 0.6 is 0 Å². The normalized spacial score (nSPS) is 15.7. The van der Waals surface area contributed by atoms with Crippen LogP contribution in [0.3, 0.4) is 0 Å². The summed E-state index contributed by atoms with van der Waals surface area (Å²) in [7, 11) is 0. The lowest BCUT2D eigenvalue weighted by molar-refractivity contribution is -0.0431. The van der Waals surface area contributed by atoms with E-state index in [1.807, 2.05) is 44.2 Å². The molecule has 0 saturated carbocycles. The van der Waals surface area contributed by atoms with Crippen molar-refractivity contribution in [3.05, 3.63) is 42.5 Å². The Kier molecular flexibility index (Phi) is 2.23. The Morgan fingerprint density at radius 2 is 1.61 bits per heavy atom. The molecule has 0 spiro atoms. The number of benzene rings is 2. The zero-order valence-corrected chi connectivity index (χ0v) is 10.3. The fraction of sp³-hybridized carbons (Fsp3) is 0.200. The monoisotopic (exact) mass is 242 g/mol. The number of phenols is 1. The average molecular weight is 242 g/mol. The van der Waals surface area contributed by atoms with E-state index in [9.17, 15) is 5.11 Å². The highest BCUT2D eigenvalue weighted by molar-refractivity contribution is 5.68. The third-order valence-electron chi connectivity index (χ3n) is 2.83. The van der Waals surface area contributed by atoms with Gasteiger partial charge in [-0.15, -0.1) is 0 Å². The van der Waals surface area contributed by atoms with Crippen molar-refractivity contribution in [3.63, 3.8) is 0 Å². The molecule has 1 heterocycles. The Labute approximate surface area is 106 Å². The standard InChI is InChI=1S/C15H14O3/c1-15(2)17-13-7-6-11(9-14(13)18-15)10-4-3-5-12(16)8-10/h3-9,16H,1-2H3. The van der Waals surface area contributed by atoms with Crippen LogP contribution in [0.1, 0.15) is 13.8 Å². The summed E-state index contributed by atoms with van der Waals surface area (Å²) in [5.74, 6) is 1.13. The van der Waals surface area contributed by atoms with Crippen LogP contribution in [0.25, 0.3) is 11.1 Å². The maximum Gasteiger partial charge on any atom is 0.246 e. The van der Waals surface area contributed by atoms with Gasteiger partial charge in [-0.25, -0.2) is 0 Å². The molecule has 0 bridgehead atoms. The van der Waals surface area contributed by atoms with Crippen molar-refractivity contribution in [2.45, 2.75) is 19.6 Å². The van der Waals surface area contributed by atoms with Gasteiger partial charge in [-0.2, -0.15) is 0 Å². The van der Waals surface area contributed by atoms with Crippen LogP contribution in [0, 0.1) is 0 Å². The number of rotatable bonds is 1. The molecule has 0 fully saturated rings. The fourth-order valence-electron chi connectivity index (χ4n) is 2.09. The summed E-state index contributed by atoms with van der Waals surface area (Å²) in [4.78, 5) is 0. The predicted octanol–water partition coefficient (Wildman–Crippen LogP) is 3.57. The third kappa shape index (κ3) is 1.88. The van der Waals surface area contributed by atoms with Gasteiger partial charge in [0.15, 0.2) is 11.5 Å². The molecule has 3 heteroatoms. The summed E-state index contributed by atoms with van der Waals surface area (Å²) < 4.78 is 11.3. The average Bonchev–Trinajstić information content (AvgIpc) is 2.61. The van der Waals surface area contributed by atoms with E-state index in [2.05, 4.69) is 0 Å². The minimum atomic E-state index is -0.611. The molecular formula is C15H14O3. The molecule has 3 rings (SSSR count). The number of phenolic OH excluding ortho intramolecular Hbond substituents is 1. The highest BCUT2D eigenvalue weighted by Crippen LogP contribution is 2.41. The quantitative estimate of drug-likeness (QED) is 0.830. The second-order valence-corrected chi connectivity index (χ2v) is 4.82. The van der Waals surface area contributed by atoms with E-state index in [0.717, 1.165) is 22.6 Å². The van der Waals surface area contributed by atoms with Crippen molar-refractivity contribution in [1.29, 1.82) is 0 Å². The van der Waals surface area contributed by atoms with E-state index in [0.29, 0.717) is 0 Å². The van der Waals surface area contributed by atoms with Crippen molar-refractivity contribution in [2.24, 2.45) is 0 Å². The topological polar surface area (TPSA) is 38.7 Å². The third-order valence-corrected chi connectivity index (χ3v) is 2.83. The Morgan fingerprint density at radius 1 is 0.889 bits per heavy atom. The van der Waals surface area contributed by atoms with Gasteiger partial charge in [-0.3, -0.25) is 0 Å². The first-order valence-corrected chi connectivity index (χ1v) is 5.85. The van der Waals surface area contributed by atoms with Crippen LogP contribution < -0.4 is 9.47 Å². The van der Waals surface area contributed by atoms with Crippen LogP contribution in [0.4, 0.5) is 0 Å². The van der Waals surface area contributed by atoms with Gasteiger partial charge in [0.05, 0.1) is 0 Å². The van der Waals surface area contributed by atoms with Crippen molar-refractivity contribution in [1.82, 2.24) is 0 Å². The number of hydrogen-bond donors (Lipinski definition) is 1. The van der Waals surface area contributed by atoms with Gasteiger partial charge in [-0.1, -0.05) is 18.2 Å². The summed E-state index contributed by atoms with van der Waals surface area (Å²) >= 11 is 0. The molecule has 0 aliphatic carbocycles. The summed E-state index contributed by atoms with van der Waals surface area (Å²) in [6.45, 7) is 3.75. The molecule has 1 aliphatic rings. The Balaban J connectivity index is 2.02. The molecule has 0 unspecified atom stereocenters. The summed E-state index contributed by atoms with van der Waals surface area (Å²) in [6.07, 6.45) is 0. The lowest BCUT2D eigenvalue weighted by Crippen LogP contribution is -2.29. The van der Waals surface area contributed by atoms with Crippen molar-refractivity contribution >= 4 is 0 Å². The highest BCUT2D eigenvalue weighted by atomic mass is 16.7. The second-order valence-electron chi connectivity index (χ2n) is 4.82. The second kappa shape index (κ2) is 3.67. The Morgan fingerprint density at radius 3 is 2.39 bits per heavy atom. The van der Waals surface area contributed by atoms with Crippen LogP contribution in [0.15, 0.2) is 42.5 Å². The van der Waals surface area contributed by atoms with Crippen molar-refractivity contribution < 1.29 is 14.6 Å². The molecule has 2 aromatic carbocycles. The van der Waals surface area contributed by atoms with Gasteiger partial charge in [0.2, 0.25) is 5.79 Å². The number of ether oxygens (including phenoxy) is 2. The minimum Gasteiger partial charge on any atom is -0.508 e. The minimum absolute atomic E-state index is 0.255. The van der Waals surface area contributed by atoms with Crippen LogP contribution in [-0.2, 0) is 0 Å². The fourth-order valence-corrected chi connectivity index (χ4v) is 2.09. The molecule has 0 atom stereocenters. The molecule has 92 valence electrons. The van der Waals surface area contributed by atoms with E-state index in [1.54, 1.807) is 12.1 Å². The SMILES string of the molecule is CC1(C)Oc2ccc(-c3cccc(O)c3)cc2O1. The van der Waals surface area contributed by atoms with E-state index >= 15 is 0 Å². The first-order valence-electron chi connectivity index (χ1n) is 5.85. The van der Waals surface area contributed by atoms with Gasteiger partial charge in [-0.05, 0) is 35.4 Å². The summed E-state index contributed by atoms with van der Waals surface area (Å²) in [5.41, 5.74) is 1.94. The van der Waals surface area contributed by atoms with Gasteiger partial charge < -0.3 is 14.6 Å². The van der Waals surface area contributed by atoms with Crippen molar-refractivity contribution in [3.8, 4) is 28.4 Å². The zero-order valence-electron chi connectivity index (χ0n) is 10.3. The van der Waals surface area contributed by atoms with Gasteiger partial charge in [0.1, 0.15) is 5.75 Å². The molecule has 0 amide bonds. The van der Waals surface area contributed by atoms with Gasteiger partial charge in [0.25, 0.3) is 0 Å². The maximum absolute atomic E-state index is 9.49. The van der Waals surface area contributed by atoms with Gasteiger partial charge >= 0.3 is 0 Å². The number of aromatic hydroxyl groups is 1. The first kappa shape index (κ1) is 11.0. The number of hydrogen-bond acceptors (Lipinski definition) is 3. The smallest absolute Gasteiger partial charge is 0.246 e. The Bertz CT molecular complexity index is 602. The largest absolute Gasteiger partial charge is 0.508 e. The van der Waals surface area contributed by atoms with E-state index in [4.69, 9.17) is 9.47 Å². The molecule has 3 nitrogen and oxygen atoms in total. The lowest BCUT2D eigenvalue weighted by atomic mass is 10.1. The van der Waals surface area contributed by atoms with Crippen molar-refractivity contribution in [2.75, 3.05) is 0 Å². The van der Waals surface area contributed by atoms with Crippen LogP contribution in [0.2, 0.25) is 0 Å². The molecule has 0 radical (unpaired) electrons. The molecular weight excluding hydrogens is 228 g/mol. The summed E-state index contributed by atoms with van der Waals surface area (Å²) in [5, 5.41) is 9.49. The molecule has 1 N–H and O–H groups in total. The van der Waals surface area contributed by atoms with Crippen LogP contribution in [-0.4, -0.2) is 10.9 Å². The molecule has 0 saturated heterocycles. The Hall–Kier alpha value is -2.16.